The number of aryl methyl sites for hydroxylation is 1. The summed E-state index contributed by atoms with van der Waals surface area (Å²) < 4.78 is 24.1. The highest BCUT2D eigenvalue weighted by atomic mass is 16.7. The van der Waals surface area contributed by atoms with Gasteiger partial charge >= 0.3 is 5.97 Å². The number of rotatable bonds is 7. The van der Waals surface area contributed by atoms with Gasteiger partial charge in [0.1, 0.15) is 24.1 Å². The van der Waals surface area contributed by atoms with E-state index in [9.17, 15) is 4.79 Å². The van der Waals surface area contributed by atoms with E-state index in [2.05, 4.69) is 4.98 Å². The second-order valence-corrected chi connectivity index (χ2v) is 7.12. The van der Waals surface area contributed by atoms with Crippen LogP contribution in [0.4, 0.5) is 0 Å². The topological polar surface area (TPSA) is 71.8 Å². The van der Waals surface area contributed by atoms with Gasteiger partial charge in [0.15, 0.2) is 11.9 Å². The van der Waals surface area contributed by atoms with Crippen molar-refractivity contribution in [3.05, 3.63) is 71.4 Å². The number of fused-ring (bicyclic) bond motifs is 1. The molecule has 0 amide bonds. The number of ether oxygens (including phenoxy) is 4. The van der Waals surface area contributed by atoms with Crippen molar-refractivity contribution in [2.75, 3.05) is 13.9 Å². The van der Waals surface area contributed by atoms with Crippen LogP contribution in [0.2, 0.25) is 0 Å². The maximum Gasteiger partial charge on any atom is 0.325 e. The van der Waals surface area contributed by atoms with Gasteiger partial charge in [-0.3, -0.25) is 9.78 Å². The monoisotopic (exact) mass is 408 g/mol. The number of carbonyl (C=O) groups excluding carboxylic acids is 1. The molecule has 0 N–H and O–H groups in total. The van der Waals surface area contributed by atoms with E-state index in [1.807, 2.05) is 54.8 Å². The van der Waals surface area contributed by atoms with Crippen LogP contribution in [0, 0.1) is 13.8 Å². The van der Waals surface area contributed by atoms with Crippen LogP contribution in [0.25, 0.3) is 11.0 Å². The lowest BCUT2D eigenvalue weighted by molar-refractivity contribution is -0.141. The van der Waals surface area contributed by atoms with E-state index in [0.717, 1.165) is 27.9 Å². The highest BCUT2D eigenvalue weighted by Crippen LogP contribution is 2.33. The first-order valence-corrected chi connectivity index (χ1v) is 9.74. The number of methoxy groups -OCH3 is 1. The maximum atomic E-state index is 12.0. The van der Waals surface area contributed by atoms with Crippen molar-refractivity contribution >= 4 is 17.0 Å². The second-order valence-electron chi connectivity index (χ2n) is 7.12. The molecule has 1 unspecified atom stereocenters. The van der Waals surface area contributed by atoms with E-state index in [1.54, 1.807) is 12.5 Å². The molecule has 1 aliphatic rings. The van der Waals surface area contributed by atoms with Crippen molar-refractivity contribution < 1.29 is 23.7 Å². The molecular formula is C23H24N2O5. The Hall–Kier alpha value is -3.48. The smallest absolute Gasteiger partial charge is 0.325 e. The predicted molar refractivity (Wildman–Crippen MR) is 111 cm³/mol. The average Bonchev–Trinajstić information content (AvgIpc) is 3.38. The molecule has 0 saturated carbocycles. The third kappa shape index (κ3) is 3.83. The zero-order valence-electron chi connectivity index (χ0n) is 17.3. The standard InChI is InChI=1S/C23H24N2O5/c1-15-16(2)25(12-21(26)27-3)23-18(9-10-24-22(15)23)30-19(20-13-28-14-29-20)11-17-7-5-4-6-8-17/h4-10,13,19H,11-12,14H2,1-3H3. The Morgan fingerprint density at radius 2 is 2.03 bits per heavy atom. The normalized spacial score (nSPS) is 14.0. The van der Waals surface area contributed by atoms with E-state index in [-0.39, 0.29) is 25.4 Å². The van der Waals surface area contributed by atoms with Crippen molar-refractivity contribution in [2.45, 2.75) is 32.9 Å². The molecule has 2 aromatic heterocycles. The van der Waals surface area contributed by atoms with Gasteiger partial charge in [0, 0.05) is 24.4 Å². The van der Waals surface area contributed by atoms with Crippen molar-refractivity contribution in [1.82, 2.24) is 9.55 Å². The summed E-state index contributed by atoms with van der Waals surface area (Å²) in [6, 6.07) is 11.9. The summed E-state index contributed by atoms with van der Waals surface area (Å²) in [6.45, 7) is 4.20. The Labute approximate surface area is 174 Å². The summed E-state index contributed by atoms with van der Waals surface area (Å²) in [5, 5.41) is 0. The molecule has 0 saturated heterocycles. The molecule has 1 aliphatic heterocycles. The molecule has 0 spiro atoms. The minimum Gasteiger partial charge on any atom is -0.480 e. The second kappa shape index (κ2) is 8.49. The first-order valence-electron chi connectivity index (χ1n) is 9.74. The van der Waals surface area contributed by atoms with E-state index in [1.165, 1.54) is 7.11 Å². The minimum absolute atomic E-state index is 0.0837. The number of carbonyl (C=O) groups is 1. The number of benzene rings is 1. The van der Waals surface area contributed by atoms with Crippen LogP contribution in [0.1, 0.15) is 16.8 Å². The Morgan fingerprint density at radius 1 is 1.23 bits per heavy atom. The van der Waals surface area contributed by atoms with Crippen LogP contribution in [-0.4, -0.2) is 35.5 Å². The zero-order chi connectivity index (χ0) is 21.1. The molecule has 0 aliphatic carbocycles. The molecule has 30 heavy (non-hydrogen) atoms. The molecule has 156 valence electrons. The number of pyridine rings is 1. The fourth-order valence-corrected chi connectivity index (χ4v) is 3.60. The van der Waals surface area contributed by atoms with Crippen molar-refractivity contribution in [1.29, 1.82) is 0 Å². The Bertz CT molecular complexity index is 1090. The van der Waals surface area contributed by atoms with E-state index >= 15 is 0 Å². The van der Waals surface area contributed by atoms with Crippen molar-refractivity contribution in [3.63, 3.8) is 0 Å². The van der Waals surface area contributed by atoms with Gasteiger partial charge < -0.3 is 23.5 Å². The lowest BCUT2D eigenvalue weighted by Crippen LogP contribution is -2.23. The van der Waals surface area contributed by atoms with Crippen LogP contribution < -0.4 is 4.74 Å². The molecule has 1 atom stereocenters. The summed E-state index contributed by atoms with van der Waals surface area (Å²) in [7, 11) is 1.38. The van der Waals surface area contributed by atoms with E-state index < -0.39 is 0 Å². The van der Waals surface area contributed by atoms with Gasteiger partial charge in [-0.2, -0.15) is 0 Å². The number of esters is 1. The first kappa shape index (κ1) is 19.8. The van der Waals surface area contributed by atoms with Crippen molar-refractivity contribution in [2.24, 2.45) is 0 Å². The molecular weight excluding hydrogens is 384 g/mol. The number of hydrogen-bond donors (Lipinski definition) is 0. The fraction of sp³-hybridized carbons (Fsp3) is 0.304. The average molecular weight is 408 g/mol. The van der Waals surface area contributed by atoms with Gasteiger partial charge in [-0.25, -0.2) is 0 Å². The lowest BCUT2D eigenvalue weighted by atomic mass is 10.1. The lowest BCUT2D eigenvalue weighted by Gasteiger charge is -2.20. The molecule has 0 radical (unpaired) electrons. The van der Waals surface area contributed by atoms with E-state index in [0.29, 0.717) is 17.9 Å². The first-order chi connectivity index (χ1) is 14.6. The Kier molecular flexibility index (Phi) is 5.61. The van der Waals surface area contributed by atoms with Gasteiger partial charge in [0.25, 0.3) is 0 Å². The van der Waals surface area contributed by atoms with Crippen molar-refractivity contribution in [3.8, 4) is 5.75 Å². The molecule has 1 aromatic carbocycles. The highest BCUT2D eigenvalue weighted by Gasteiger charge is 2.25. The molecule has 7 heteroatoms. The summed E-state index contributed by atoms with van der Waals surface area (Å²) >= 11 is 0. The van der Waals surface area contributed by atoms with Gasteiger partial charge in [0.05, 0.1) is 12.6 Å². The molecule has 4 rings (SSSR count). The minimum atomic E-state index is -0.386. The summed E-state index contributed by atoms with van der Waals surface area (Å²) in [4.78, 5) is 16.5. The van der Waals surface area contributed by atoms with Crippen LogP contribution in [0.15, 0.2) is 54.6 Å². The van der Waals surface area contributed by atoms with Gasteiger partial charge in [-0.15, -0.1) is 0 Å². The molecule has 0 fully saturated rings. The van der Waals surface area contributed by atoms with Crippen LogP contribution in [0.5, 0.6) is 5.75 Å². The quantitative estimate of drug-likeness (QED) is 0.556. The van der Waals surface area contributed by atoms with Crippen LogP contribution >= 0.6 is 0 Å². The number of aromatic nitrogens is 2. The molecule has 3 aromatic rings. The predicted octanol–water partition coefficient (Wildman–Crippen LogP) is 3.66. The molecule has 3 heterocycles. The van der Waals surface area contributed by atoms with Crippen LogP contribution in [-0.2, 0) is 32.0 Å². The maximum absolute atomic E-state index is 12.0. The Morgan fingerprint density at radius 3 is 2.73 bits per heavy atom. The summed E-state index contributed by atoms with van der Waals surface area (Å²) in [5.74, 6) is 0.918. The molecule has 7 nitrogen and oxygen atoms in total. The third-order valence-corrected chi connectivity index (χ3v) is 5.32. The third-order valence-electron chi connectivity index (χ3n) is 5.32. The highest BCUT2D eigenvalue weighted by molar-refractivity contribution is 5.88. The fourth-order valence-electron chi connectivity index (χ4n) is 3.60. The summed E-state index contributed by atoms with van der Waals surface area (Å²) in [6.07, 6.45) is 3.53. The number of hydrogen-bond acceptors (Lipinski definition) is 6. The summed E-state index contributed by atoms with van der Waals surface area (Å²) in [5.41, 5.74) is 4.61. The molecule has 0 bridgehead atoms. The van der Waals surface area contributed by atoms with Crippen LogP contribution in [0.3, 0.4) is 0 Å². The SMILES string of the molecule is COC(=O)Cn1c(C)c(C)c2nccc(OC(Cc3ccccc3)C3=COCO3)c21. The largest absolute Gasteiger partial charge is 0.480 e. The van der Waals surface area contributed by atoms with Gasteiger partial charge in [-0.05, 0) is 25.0 Å². The zero-order valence-corrected chi connectivity index (χ0v) is 17.3. The Balaban J connectivity index is 1.75. The number of nitrogens with zero attached hydrogens (tertiary/aromatic N) is 2. The van der Waals surface area contributed by atoms with Gasteiger partial charge in [0.2, 0.25) is 6.79 Å². The van der Waals surface area contributed by atoms with E-state index in [4.69, 9.17) is 18.9 Å². The van der Waals surface area contributed by atoms with Gasteiger partial charge in [-0.1, -0.05) is 30.3 Å².